The van der Waals surface area contributed by atoms with Gasteiger partial charge in [0.15, 0.2) is 0 Å². The molecular formula is C21H21FN4O2. The number of nitrogens with zero attached hydrogens (tertiary/aromatic N) is 4. The molecule has 4 rings (SSSR count). The fraction of sp³-hybridized carbons (Fsp3) is 0.286. The van der Waals surface area contributed by atoms with Crippen molar-refractivity contribution in [3.63, 3.8) is 0 Å². The molecule has 0 N–H and O–H groups in total. The van der Waals surface area contributed by atoms with Crippen LogP contribution in [-0.4, -0.2) is 33.7 Å². The van der Waals surface area contributed by atoms with Crippen LogP contribution in [0.3, 0.4) is 0 Å². The molecule has 1 aliphatic heterocycles. The van der Waals surface area contributed by atoms with Crippen LogP contribution in [0.1, 0.15) is 17.5 Å². The molecule has 0 saturated carbocycles. The molecule has 1 atom stereocenters. The fourth-order valence-electron chi connectivity index (χ4n) is 3.26. The van der Waals surface area contributed by atoms with Gasteiger partial charge >= 0.3 is 11.7 Å². The normalized spacial score (nSPS) is 16.4. The highest BCUT2D eigenvalue weighted by molar-refractivity contribution is 5.47. The van der Waals surface area contributed by atoms with E-state index in [2.05, 4.69) is 14.9 Å². The Labute approximate surface area is 162 Å². The first kappa shape index (κ1) is 18.2. The number of halogens is 1. The maximum atomic E-state index is 13.1. The van der Waals surface area contributed by atoms with Gasteiger partial charge in [-0.1, -0.05) is 29.8 Å². The zero-order valence-electron chi connectivity index (χ0n) is 15.6. The largest absolute Gasteiger partial charge is 0.458 e. The highest BCUT2D eigenvalue weighted by Crippen LogP contribution is 2.22. The molecule has 2 heterocycles. The molecule has 0 radical (unpaired) electrons. The van der Waals surface area contributed by atoms with Crippen molar-refractivity contribution in [1.29, 1.82) is 0 Å². The van der Waals surface area contributed by atoms with Crippen molar-refractivity contribution in [2.24, 2.45) is 0 Å². The first-order valence-electron chi connectivity index (χ1n) is 9.23. The zero-order valence-corrected chi connectivity index (χ0v) is 15.6. The third kappa shape index (κ3) is 4.19. The molecule has 6 nitrogen and oxygen atoms in total. The van der Waals surface area contributed by atoms with Crippen molar-refractivity contribution >= 4 is 5.69 Å². The van der Waals surface area contributed by atoms with Crippen LogP contribution in [-0.2, 0) is 6.54 Å². The number of aryl methyl sites for hydroxylation is 1. The first-order chi connectivity index (χ1) is 13.6. The predicted molar refractivity (Wildman–Crippen MR) is 104 cm³/mol. The Morgan fingerprint density at radius 1 is 1.14 bits per heavy atom. The summed E-state index contributed by atoms with van der Waals surface area (Å²) >= 11 is 0. The van der Waals surface area contributed by atoms with Crippen LogP contribution in [0.25, 0.3) is 0 Å². The van der Waals surface area contributed by atoms with Crippen LogP contribution < -0.4 is 15.3 Å². The van der Waals surface area contributed by atoms with E-state index in [-0.39, 0.29) is 23.6 Å². The maximum Gasteiger partial charge on any atom is 0.353 e. The molecule has 7 heteroatoms. The zero-order chi connectivity index (χ0) is 19.5. The Morgan fingerprint density at radius 2 is 1.89 bits per heavy atom. The molecule has 1 fully saturated rings. The van der Waals surface area contributed by atoms with Crippen LogP contribution in [0.2, 0.25) is 0 Å². The van der Waals surface area contributed by atoms with Crippen molar-refractivity contribution < 1.29 is 9.13 Å². The number of rotatable bonds is 5. The summed E-state index contributed by atoms with van der Waals surface area (Å²) in [4.78, 5) is 22.6. The van der Waals surface area contributed by atoms with Crippen molar-refractivity contribution in [3.05, 3.63) is 82.3 Å². The second kappa shape index (κ2) is 7.80. The number of benzene rings is 2. The monoisotopic (exact) mass is 380 g/mol. The summed E-state index contributed by atoms with van der Waals surface area (Å²) in [6.45, 7) is 3.87. The van der Waals surface area contributed by atoms with E-state index in [1.165, 1.54) is 28.6 Å². The molecule has 0 aliphatic carbocycles. The van der Waals surface area contributed by atoms with Crippen LogP contribution in [0.15, 0.2) is 59.7 Å². The van der Waals surface area contributed by atoms with Gasteiger partial charge in [0.25, 0.3) is 0 Å². The van der Waals surface area contributed by atoms with Gasteiger partial charge in [0.05, 0.1) is 13.1 Å². The second-order valence-electron chi connectivity index (χ2n) is 6.99. The average Bonchev–Trinajstić information content (AvgIpc) is 3.15. The molecule has 2 aromatic carbocycles. The van der Waals surface area contributed by atoms with Gasteiger partial charge in [-0.15, -0.1) is 4.98 Å². The smallest absolute Gasteiger partial charge is 0.353 e. The summed E-state index contributed by atoms with van der Waals surface area (Å²) in [7, 11) is 0. The minimum Gasteiger partial charge on any atom is -0.458 e. The van der Waals surface area contributed by atoms with E-state index in [4.69, 9.17) is 4.74 Å². The fourth-order valence-corrected chi connectivity index (χ4v) is 3.26. The molecular weight excluding hydrogens is 359 g/mol. The lowest BCUT2D eigenvalue weighted by Gasteiger charge is -2.18. The van der Waals surface area contributed by atoms with Gasteiger partial charge in [0.2, 0.25) is 0 Å². The van der Waals surface area contributed by atoms with Crippen LogP contribution >= 0.6 is 0 Å². The number of anilines is 1. The van der Waals surface area contributed by atoms with Crippen LogP contribution in [0.5, 0.6) is 6.01 Å². The van der Waals surface area contributed by atoms with Crippen molar-refractivity contribution in [2.45, 2.75) is 26.0 Å². The SMILES string of the molecule is Cc1ccc(Cn2cnc(OC3CCN(c4ccc(F)cc4)C3)nc2=O)cc1. The third-order valence-electron chi connectivity index (χ3n) is 4.83. The van der Waals surface area contributed by atoms with E-state index in [9.17, 15) is 9.18 Å². The summed E-state index contributed by atoms with van der Waals surface area (Å²) in [5.74, 6) is -0.254. The minimum atomic E-state index is -0.390. The van der Waals surface area contributed by atoms with Gasteiger partial charge in [0.1, 0.15) is 18.2 Å². The van der Waals surface area contributed by atoms with Crippen molar-refractivity contribution in [2.75, 3.05) is 18.0 Å². The van der Waals surface area contributed by atoms with Gasteiger partial charge in [-0.2, -0.15) is 4.98 Å². The molecule has 1 saturated heterocycles. The van der Waals surface area contributed by atoms with E-state index in [0.717, 1.165) is 24.2 Å². The quantitative estimate of drug-likeness (QED) is 0.681. The Bertz CT molecular complexity index is 1000. The van der Waals surface area contributed by atoms with Gasteiger partial charge < -0.3 is 9.64 Å². The Hall–Kier alpha value is -3.22. The van der Waals surface area contributed by atoms with E-state index in [1.54, 1.807) is 12.1 Å². The lowest BCUT2D eigenvalue weighted by atomic mass is 10.1. The third-order valence-corrected chi connectivity index (χ3v) is 4.83. The highest BCUT2D eigenvalue weighted by Gasteiger charge is 2.25. The van der Waals surface area contributed by atoms with Gasteiger partial charge in [-0.3, -0.25) is 4.57 Å². The Morgan fingerprint density at radius 3 is 2.61 bits per heavy atom. The van der Waals surface area contributed by atoms with E-state index in [0.29, 0.717) is 13.1 Å². The van der Waals surface area contributed by atoms with E-state index < -0.39 is 0 Å². The molecule has 3 aromatic rings. The first-order valence-corrected chi connectivity index (χ1v) is 9.23. The highest BCUT2D eigenvalue weighted by atomic mass is 19.1. The molecule has 144 valence electrons. The predicted octanol–water partition coefficient (Wildman–Crippen LogP) is 2.79. The van der Waals surface area contributed by atoms with Crippen LogP contribution in [0, 0.1) is 12.7 Å². The van der Waals surface area contributed by atoms with E-state index >= 15 is 0 Å². The Balaban J connectivity index is 1.39. The van der Waals surface area contributed by atoms with Gasteiger partial charge in [0, 0.05) is 18.7 Å². The summed E-state index contributed by atoms with van der Waals surface area (Å²) in [5, 5.41) is 0. The molecule has 1 aliphatic rings. The summed E-state index contributed by atoms with van der Waals surface area (Å²) < 4.78 is 20.3. The molecule has 0 spiro atoms. The minimum absolute atomic E-state index is 0.0936. The molecule has 1 unspecified atom stereocenters. The topological polar surface area (TPSA) is 60.2 Å². The number of ether oxygens (including phenoxy) is 1. The lowest BCUT2D eigenvalue weighted by Crippen LogP contribution is -2.28. The molecule has 28 heavy (non-hydrogen) atoms. The van der Waals surface area contributed by atoms with E-state index in [1.807, 2.05) is 31.2 Å². The van der Waals surface area contributed by atoms with Crippen LogP contribution in [0.4, 0.5) is 10.1 Å². The van der Waals surface area contributed by atoms with Gasteiger partial charge in [-0.25, -0.2) is 9.18 Å². The Kier molecular flexibility index (Phi) is 5.06. The average molecular weight is 380 g/mol. The molecule has 0 bridgehead atoms. The van der Waals surface area contributed by atoms with Gasteiger partial charge in [-0.05, 0) is 36.8 Å². The summed E-state index contributed by atoms with van der Waals surface area (Å²) in [5.41, 5.74) is 2.74. The standard InChI is InChI=1S/C21H21FN4O2/c1-15-2-4-16(5-3-15)12-26-14-23-20(24-21(26)27)28-19-10-11-25(13-19)18-8-6-17(22)7-9-18/h2-9,14,19H,10-13H2,1H3. The summed E-state index contributed by atoms with van der Waals surface area (Å²) in [6.07, 6.45) is 2.14. The summed E-state index contributed by atoms with van der Waals surface area (Å²) in [6, 6.07) is 14.5. The maximum absolute atomic E-state index is 13.1. The second-order valence-corrected chi connectivity index (χ2v) is 6.99. The molecule has 0 amide bonds. The van der Waals surface area contributed by atoms with Crippen molar-refractivity contribution in [1.82, 2.24) is 14.5 Å². The lowest BCUT2D eigenvalue weighted by molar-refractivity contribution is 0.203. The van der Waals surface area contributed by atoms with Crippen molar-refractivity contribution in [3.8, 4) is 6.01 Å². The number of hydrogen-bond acceptors (Lipinski definition) is 5. The number of hydrogen-bond donors (Lipinski definition) is 0. The number of aromatic nitrogens is 3. The molecule has 1 aromatic heterocycles.